The minimum Gasteiger partial charge on any atom is -0.493 e. The summed E-state index contributed by atoms with van der Waals surface area (Å²) in [4.78, 5) is 27.3. The Bertz CT molecular complexity index is 762. The first kappa shape index (κ1) is 17.9. The smallest absolute Gasteiger partial charge is 0.329 e. The zero-order valence-corrected chi connectivity index (χ0v) is 13.9. The van der Waals surface area contributed by atoms with Gasteiger partial charge in [-0.05, 0) is 29.8 Å². The predicted molar refractivity (Wildman–Crippen MR) is 91.4 cm³/mol. The Morgan fingerprint density at radius 2 is 1.88 bits per heavy atom. The van der Waals surface area contributed by atoms with Gasteiger partial charge in [0.1, 0.15) is 0 Å². The predicted octanol–water partition coefficient (Wildman–Crippen LogP) is 0.865. The Morgan fingerprint density at radius 1 is 1.12 bits per heavy atom. The number of carbonyl (C=O) groups excluding carboxylic acids is 2. The van der Waals surface area contributed by atoms with Gasteiger partial charge in [-0.2, -0.15) is 5.10 Å². The minimum atomic E-state index is -0.868. The van der Waals surface area contributed by atoms with Gasteiger partial charge in [-0.1, -0.05) is 6.07 Å². The Balaban J connectivity index is 1.91. The summed E-state index contributed by atoms with van der Waals surface area (Å²) < 4.78 is 10.4. The van der Waals surface area contributed by atoms with Crippen LogP contribution in [0.15, 0.2) is 47.8 Å². The maximum absolute atomic E-state index is 11.7. The molecule has 0 spiro atoms. The highest BCUT2D eigenvalue weighted by atomic mass is 16.5. The van der Waals surface area contributed by atoms with Crippen LogP contribution in [0.4, 0.5) is 0 Å². The average molecular weight is 342 g/mol. The number of nitrogens with one attached hydrogen (secondary N) is 2. The van der Waals surface area contributed by atoms with Crippen molar-refractivity contribution < 1.29 is 19.1 Å². The summed E-state index contributed by atoms with van der Waals surface area (Å²) in [6.45, 7) is 0.224. The van der Waals surface area contributed by atoms with E-state index in [2.05, 4.69) is 20.8 Å². The summed E-state index contributed by atoms with van der Waals surface area (Å²) >= 11 is 0. The monoisotopic (exact) mass is 342 g/mol. The van der Waals surface area contributed by atoms with Crippen molar-refractivity contribution in [3.8, 4) is 11.5 Å². The molecule has 1 aromatic carbocycles. The summed E-state index contributed by atoms with van der Waals surface area (Å²) in [7, 11) is 3.02. The number of hydrogen-bond acceptors (Lipinski definition) is 6. The molecule has 0 unspecified atom stereocenters. The molecule has 0 aliphatic rings. The number of para-hydroxylation sites is 1. The molecule has 0 atom stereocenters. The van der Waals surface area contributed by atoms with Crippen LogP contribution < -0.4 is 20.2 Å². The lowest BCUT2D eigenvalue weighted by molar-refractivity contribution is -0.139. The van der Waals surface area contributed by atoms with E-state index in [9.17, 15) is 9.59 Å². The number of rotatable bonds is 6. The van der Waals surface area contributed by atoms with E-state index in [1.54, 1.807) is 42.7 Å². The zero-order chi connectivity index (χ0) is 18.1. The standard InChI is InChI=1S/C17H18N4O4/c1-24-14-5-3-4-13(15(14)25-2)11-20-21-17(23)16(22)19-10-12-6-8-18-9-7-12/h3-9,11H,10H2,1-2H3,(H,19,22)(H,21,23)/b20-11-. The Hall–Kier alpha value is -3.42. The van der Waals surface area contributed by atoms with Gasteiger partial charge in [-0.3, -0.25) is 14.6 Å². The SMILES string of the molecule is COc1cccc(/C=N\NC(=O)C(=O)NCc2ccncc2)c1OC. The number of aromatic nitrogens is 1. The third-order valence-corrected chi connectivity index (χ3v) is 3.21. The van der Waals surface area contributed by atoms with Gasteiger partial charge in [0.25, 0.3) is 0 Å². The third kappa shape index (κ3) is 5.03. The number of hydrogen-bond donors (Lipinski definition) is 2. The molecule has 0 bridgehead atoms. The van der Waals surface area contributed by atoms with Crippen molar-refractivity contribution in [1.82, 2.24) is 15.7 Å². The van der Waals surface area contributed by atoms with E-state index in [4.69, 9.17) is 9.47 Å². The van der Waals surface area contributed by atoms with Crippen LogP contribution in [-0.2, 0) is 16.1 Å². The van der Waals surface area contributed by atoms with Gasteiger partial charge in [0.15, 0.2) is 11.5 Å². The van der Waals surface area contributed by atoms with Crippen molar-refractivity contribution in [2.24, 2.45) is 5.10 Å². The molecule has 2 aromatic rings. The summed E-state index contributed by atoms with van der Waals surface area (Å²) in [5, 5.41) is 6.26. The fourth-order valence-electron chi connectivity index (χ4n) is 1.99. The molecule has 2 amide bonds. The number of benzene rings is 1. The minimum absolute atomic E-state index is 0.224. The molecule has 0 aliphatic carbocycles. The molecule has 0 radical (unpaired) electrons. The van der Waals surface area contributed by atoms with Crippen LogP contribution >= 0.6 is 0 Å². The lowest BCUT2D eigenvalue weighted by Crippen LogP contribution is -2.37. The highest BCUT2D eigenvalue weighted by molar-refractivity contribution is 6.35. The molecule has 8 nitrogen and oxygen atoms in total. The summed E-state index contributed by atoms with van der Waals surface area (Å²) in [6, 6.07) is 8.71. The molecule has 0 saturated carbocycles. The molecule has 2 N–H and O–H groups in total. The Kier molecular flexibility index (Phi) is 6.47. The molecule has 25 heavy (non-hydrogen) atoms. The van der Waals surface area contributed by atoms with Crippen LogP contribution in [0.3, 0.4) is 0 Å². The van der Waals surface area contributed by atoms with Gasteiger partial charge in [-0.25, -0.2) is 5.43 Å². The number of ether oxygens (including phenoxy) is 2. The maximum atomic E-state index is 11.7. The van der Waals surface area contributed by atoms with E-state index in [1.165, 1.54) is 20.4 Å². The van der Waals surface area contributed by atoms with Gasteiger partial charge in [0.05, 0.1) is 20.4 Å². The summed E-state index contributed by atoms with van der Waals surface area (Å²) in [5.41, 5.74) is 3.60. The largest absolute Gasteiger partial charge is 0.493 e. The topological polar surface area (TPSA) is 102 Å². The first-order chi connectivity index (χ1) is 12.2. The Labute approximate surface area is 144 Å². The molecule has 0 aliphatic heterocycles. The van der Waals surface area contributed by atoms with E-state index in [0.717, 1.165) is 5.56 Å². The molecule has 8 heteroatoms. The van der Waals surface area contributed by atoms with Crippen molar-refractivity contribution in [2.45, 2.75) is 6.54 Å². The first-order valence-corrected chi connectivity index (χ1v) is 7.37. The normalized spacial score (nSPS) is 10.3. The second kappa shape index (κ2) is 9.02. The molecule has 2 rings (SSSR count). The van der Waals surface area contributed by atoms with Gasteiger partial charge in [0, 0.05) is 24.5 Å². The molecule has 0 fully saturated rings. The van der Waals surface area contributed by atoms with Gasteiger partial charge in [0.2, 0.25) is 0 Å². The van der Waals surface area contributed by atoms with E-state index in [0.29, 0.717) is 17.1 Å². The van der Waals surface area contributed by atoms with Crippen molar-refractivity contribution >= 4 is 18.0 Å². The van der Waals surface area contributed by atoms with Crippen LogP contribution in [0, 0.1) is 0 Å². The quantitative estimate of drug-likeness (QED) is 0.461. The van der Waals surface area contributed by atoms with Crippen molar-refractivity contribution in [2.75, 3.05) is 14.2 Å². The second-order valence-corrected chi connectivity index (χ2v) is 4.82. The number of pyridine rings is 1. The number of amides is 2. The number of nitrogens with zero attached hydrogens (tertiary/aromatic N) is 2. The fourth-order valence-corrected chi connectivity index (χ4v) is 1.99. The van der Waals surface area contributed by atoms with Gasteiger partial charge in [-0.15, -0.1) is 0 Å². The van der Waals surface area contributed by atoms with Crippen molar-refractivity contribution in [1.29, 1.82) is 0 Å². The van der Waals surface area contributed by atoms with Crippen LogP contribution in [-0.4, -0.2) is 37.2 Å². The summed E-state index contributed by atoms with van der Waals surface area (Å²) in [5.74, 6) is -0.642. The molecule has 130 valence electrons. The van der Waals surface area contributed by atoms with Gasteiger partial charge >= 0.3 is 11.8 Å². The zero-order valence-electron chi connectivity index (χ0n) is 13.9. The maximum Gasteiger partial charge on any atom is 0.329 e. The lowest BCUT2D eigenvalue weighted by atomic mass is 10.2. The van der Waals surface area contributed by atoms with E-state index in [1.807, 2.05) is 0 Å². The highest BCUT2D eigenvalue weighted by Crippen LogP contribution is 2.29. The van der Waals surface area contributed by atoms with Crippen LogP contribution in [0.2, 0.25) is 0 Å². The van der Waals surface area contributed by atoms with Crippen LogP contribution in [0.5, 0.6) is 11.5 Å². The average Bonchev–Trinajstić information content (AvgIpc) is 2.66. The van der Waals surface area contributed by atoms with Crippen molar-refractivity contribution in [3.05, 3.63) is 53.9 Å². The van der Waals surface area contributed by atoms with E-state index >= 15 is 0 Å². The number of methoxy groups -OCH3 is 2. The molecular weight excluding hydrogens is 324 g/mol. The number of carbonyl (C=O) groups is 2. The fraction of sp³-hybridized carbons (Fsp3) is 0.176. The van der Waals surface area contributed by atoms with E-state index in [-0.39, 0.29) is 6.54 Å². The third-order valence-electron chi connectivity index (χ3n) is 3.21. The highest BCUT2D eigenvalue weighted by Gasteiger charge is 2.12. The van der Waals surface area contributed by atoms with Crippen LogP contribution in [0.1, 0.15) is 11.1 Å². The molecule has 1 heterocycles. The molecular formula is C17H18N4O4. The number of hydrazone groups is 1. The van der Waals surface area contributed by atoms with Crippen molar-refractivity contribution in [3.63, 3.8) is 0 Å². The lowest BCUT2D eigenvalue weighted by Gasteiger charge is -2.09. The summed E-state index contributed by atoms with van der Waals surface area (Å²) in [6.07, 6.45) is 4.58. The van der Waals surface area contributed by atoms with Gasteiger partial charge < -0.3 is 14.8 Å². The first-order valence-electron chi connectivity index (χ1n) is 7.37. The molecule has 1 aromatic heterocycles. The van der Waals surface area contributed by atoms with E-state index < -0.39 is 11.8 Å². The Morgan fingerprint density at radius 3 is 2.56 bits per heavy atom. The van der Waals surface area contributed by atoms with Crippen LogP contribution in [0.25, 0.3) is 0 Å². The second-order valence-electron chi connectivity index (χ2n) is 4.82. The molecule has 0 saturated heterocycles.